The van der Waals surface area contributed by atoms with Crippen molar-refractivity contribution in [3.8, 4) is 0 Å². The highest BCUT2D eigenvalue weighted by Crippen LogP contribution is 2.35. The maximum Gasteiger partial charge on any atom is 0.0508 e. The van der Waals surface area contributed by atoms with Crippen LogP contribution in [0.15, 0.2) is 0 Å². The van der Waals surface area contributed by atoms with Crippen LogP contribution in [0.4, 0.5) is 0 Å². The normalized spacial score (nSPS) is 11.2. The number of hydrogen-bond acceptors (Lipinski definition) is 1. The average Bonchev–Trinajstić information content (AvgIpc) is 2.27. The van der Waals surface area contributed by atoms with Gasteiger partial charge in [0.25, 0.3) is 0 Å². The van der Waals surface area contributed by atoms with Crippen LogP contribution in [0.25, 0.3) is 0 Å². The molecule has 0 spiro atoms. The molecule has 0 saturated heterocycles. The van der Waals surface area contributed by atoms with Crippen LogP contribution in [0.5, 0.6) is 0 Å². The predicted molar refractivity (Wildman–Crippen MR) is 71.9 cm³/mol. The molecule has 0 amide bonds. The molecule has 0 aromatic heterocycles. The third-order valence-corrected chi connectivity index (χ3v) is 4.69. The zero-order valence-electron chi connectivity index (χ0n) is 10.9. The maximum atomic E-state index is 5.83. The Morgan fingerprint density at radius 2 is 1.27 bits per heavy atom. The summed E-state index contributed by atoms with van der Waals surface area (Å²) in [5, 5.41) is 0. The summed E-state index contributed by atoms with van der Waals surface area (Å²) < 4.78 is 5.83. The Bertz CT molecular complexity index is 113. The molecular formula is C13H29OP. The molecule has 0 heterocycles. The van der Waals surface area contributed by atoms with E-state index < -0.39 is 0 Å². The lowest BCUT2D eigenvalue weighted by Crippen LogP contribution is -1.93. The van der Waals surface area contributed by atoms with Crippen LogP contribution in [0, 0.1) is 0 Å². The summed E-state index contributed by atoms with van der Waals surface area (Å²) in [6, 6.07) is 0. The van der Waals surface area contributed by atoms with Gasteiger partial charge in [-0.2, -0.15) is 0 Å². The molecule has 0 aliphatic rings. The van der Waals surface area contributed by atoms with Crippen molar-refractivity contribution in [2.24, 2.45) is 0 Å². The molecule has 0 atom stereocenters. The van der Waals surface area contributed by atoms with Crippen molar-refractivity contribution in [2.45, 2.75) is 65.7 Å². The van der Waals surface area contributed by atoms with Crippen LogP contribution < -0.4 is 0 Å². The van der Waals surface area contributed by atoms with E-state index >= 15 is 0 Å². The molecule has 0 rings (SSSR count). The van der Waals surface area contributed by atoms with Crippen molar-refractivity contribution in [3.63, 3.8) is 0 Å². The van der Waals surface area contributed by atoms with Gasteiger partial charge in [-0.3, -0.25) is 0 Å². The standard InChI is InChI=1S/C13H29OP/c1-4-7-8-9-10-11-12-13-14-15(5-2)6-3/h4-13H2,1-3H3. The molecule has 0 aliphatic carbocycles. The molecule has 0 fully saturated rings. The largest absolute Gasteiger partial charge is 0.359 e. The predicted octanol–water partition coefficient (Wildman–Crippen LogP) is 5.19. The highest BCUT2D eigenvalue weighted by molar-refractivity contribution is 7.52. The van der Waals surface area contributed by atoms with Gasteiger partial charge < -0.3 is 4.52 Å². The lowest BCUT2D eigenvalue weighted by Gasteiger charge is -2.13. The summed E-state index contributed by atoms with van der Waals surface area (Å²) in [5.74, 6) is 0. The molecule has 15 heavy (non-hydrogen) atoms. The topological polar surface area (TPSA) is 9.23 Å². The van der Waals surface area contributed by atoms with Crippen LogP contribution in [0.2, 0.25) is 0 Å². The Morgan fingerprint density at radius 1 is 0.733 bits per heavy atom. The zero-order valence-corrected chi connectivity index (χ0v) is 11.8. The Balaban J connectivity index is 3.04. The summed E-state index contributed by atoms with van der Waals surface area (Å²) in [7, 11) is -0.0865. The van der Waals surface area contributed by atoms with Gasteiger partial charge in [-0.15, -0.1) is 0 Å². The zero-order chi connectivity index (χ0) is 11.4. The Labute approximate surface area is 97.8 Å². The third kappa shape index (κ3) is 10.7. The van der Waals surface area contributed by atoms with E-state index in [2.05, 4.69) is 20.8 Å². The molecule has 0 bridgehead atoms. The van der Waals surface area contributed by atoms with Gasteiger partial charge in [0.15, 0.2) is 0 Å². The number of hydrogen-bond donors (Lipinski definition) is 0. The number of unbranched alkanes of at least 4 members (excludes halogenated alkanes) is 6. The molecule has 0 N–H and O–H groups in total. The van der Waals surface area contributed by atoms with E-state index in [1.54, 1.807) is 0 Å². The first-order valence-corrected chi connectivity index (χ1v) is 8.36. The van der Waals surface area contributed by atoms with Crippen LogP contribution >= 0.6 is 8.15 Å². The minimum absolute atomic E-state index is 0.0865. The average molecular weight is 232 g/mol. The van der Waals surface area contributed by atoms with E-state index in [0.29, 0.717) is 0 Å². The second-order valence-electron chi connectivity index (χ2n) is 4.07. The van der Waals surface area contributed by atoms with E-state index in [-0.39, 0.29) is 8.15 Å². The van der Waals surface area contributed by atoms with Crippen molar-refractivity contribution in [3.05, 3.63) is 0 Å². The summed E-state index contributed by atoms with van der Waals surface area (Å²) in [4.78, 5) is 0. The van der Waals surface area contributed by atoms with E-state index in [1.807, 2.05) is 0 Å². The fraction of sp³-hybridized carbons (Fsp3) is 1.00. The van der Waals surface area contributed by atoms with Crippen molar-refractivity contribution in [1.29, 1.82) is 0 Å². The van der Waals surface area contributed by atoms with E-state index in [0.717, 1.165) is 6.61 Å². The van der Waals surface area contributed by atoms with Gasteiger partial charge in [0, 0.05) is 8.15 Å². The minimum atomic E-state index is -0.0865. The lowest BCUT2D eigenvalue weighted by molar-refractivity contribution is 0.335. The van der Waals surface area contributed by atoms with Gasteiger partial charge in [0.05, 0.1) is 6.61 Å². The van der Waals surface area contributed by atoms with Gasteiger partial charge in [-0.1, -0.05) is 59.3 Å². The highest BCUT2D eigenvalue weighted by Gasteiger charge is 2.01. The summed E-state index contributed by atoms with van der Waals surface area (Å²) >= 11 is 0. The smallest absolute Gasteiger partial charge is 0.0508 e. The van der Waals surface area contributed by atoms with Gasteiger partial charge >= 0.3 is 0 Å². The Kier molecular flexibility index (Phi) is 12.8. The van der Waals surface area contributed by atoms with Crippen molar-refractivity contribution in [2.75, 3.05) is 18.9 Å². The SMILES string of the molecule is CCCCCCCCCOP(CC)CC. The first kappa shape index (κ1) is 15.4. The van der Waals surface area contributed by atoms with Gasteiger partial charge in [-0.05, 0) is 18.7 Å². The van der Waals surface area contributed by atoms with Crippen molar-refractivity contribution >= 4 is 8.15 Å². The van der Waals surface area contributed by atoms with Crippen molar-refractivity contribution in [1.82, 2.24) is 0 Å². The fourth-order valence-electron chi connectivity index (χ4n) is 1.66. The van der Waals surface area contributed by atoms with Crippen molar-refractivity contribution < 1.29 is 4.52 Å². The van der Waals surface area contributed by atoms with Crippen LogP contribution in [-0.2, 0) is 4.52 Å². The van der Waals surface area contributed by atoms with Crippen LogP contribution in [0.1, 0.15) is 65.7 Å². The molecule has 0 unspecified atom stereocenters. The van der Waals surface area contributed by atoms with Gasteiger partial charge in [-0.25, -0.2) is 0 Å². The highest BCUT2D eigenvalue weighted by atomic mass is 31.1. The van der Waals surface area contributed by atoms with Gasteiger partial charge in [0.2, 0.25) is 0 Å². The summed E-state index contributed by atoms with van der Waals surface area (Å²) in [5.41, 5.74) is 0. The molecule has 0 aromatic carbocycles. The molecule has 2 heteroatoms. The molecule has 0 aromatic rings. The summed E-state index contributed by atoms with van der Waals surface area (Å²) in [6.07, 6.45) is 12.1. The molecule has 0 aliphatic heterocycles. The third-order valence-electron chi connectivity index (χ3n) is 2.73. The molecule has 0 saturated carbocycles. The van der Waals surface area contributed by atoms with E-state index in [4.69, 9.17) is 4.52 Å². The quantitative estimate of drug-likeness (QED) is 0.352. The fourth-order valence-corrected chi connectivity index (χ4v) is 2.86. The second-order valence-corrected chi connectivity index (χ2v) is 6.56. The Morgan fingerprint density at radius 3 is 1.80 bits per heavy atom. The first-order chi connectivity index (χ1) is 7.35. The molecule has 1 nitrogen and oxygen atoms in total. The molecule has 92 valence electrons. The lowest BCUT2D eigenvalue weighted by atomic mass is 10.1. The minimum Gasteiger partial charge on any atom is -0.359 e. The molecule has 0 radical (unpaired) electrons. The maximum absolute atomic E-state index is 5.83. The monoisotopic (exact) mass is 232 g/mol. The molecular weight excluding hydrogens is 203 g/mol. The number of rotatable bonds is 11. The Hall–Kier alpha value is 0.390. The van der Waals surface area contributed by atoms with Gasteiger partial charge in [0.1, 0.15) is 0 Å². The van der Waals surface area contributed by atoms with E-state index in [9.17, 15) is 0 Å². The second kappa shape index (κ2) is 12.5. The first-order valence-electron chi connectivity index (χ1n) is 6.73. The van der Waals surface area contributed by atoms with Crippen LogP contribution in [0.3, 0.4) is 0 Å². The van der Waals surface area contributed by atoms with Crippen LogP contribution in [-0.4, -0.2) is 18.9 Å². The van der Waals surface area contributed by atoms with E-state index in [1.165, 1.54) is 57.3 Å². The summed E-state index contributed by atoms with van der Waals surface area (Å²) in [6.45, 7) is 7.74.